The molecule has 1 aromatic carbocycles. The summed E-state index contributed by atoms with van der Waals surface area (Å²) in [4.78, 5) is 5.31. The van der Waals surface area contributed by atoms with Crippen LogP contribution in [-0.2, 0) is 4.84 Å². The molecular weight excluding hydrogens is 347 g/mol. The van der Waals surface area contributed by atoms with Crippen LogP contribution >= 0.6 is 34.8 Å². The number of hydrazine groups is 1. The topological polar surface area (TPSA) is 33.7 Å². The second kappa shape index (κ2) is 7.97. The van der Waals surface area contributed by atoms with Crippen LogP contribution in [0.3, 0.4) is 0 Å². The van der Waals surface area contributed by atoms with Crippen LogP contribution in [0, 0.1) is 0 Å². The largest absolute Gasteiger partial charge is 0.494 e. The Balaban J connectivity index is 1.86. The molecule has 0 fully saturated rings. The van der Waals surface area contributed by atoms with Crippen LogP contribution in [0.15, 0.2) is 42.3 Å². The van der Waals surface area contributed by atoms with Crippen LogP contribution in [0.1, 0.15) is 25.3 Å². The number of allylic oxidation sites excluding steroid dienone is 1. The number of nitrogens with one attached hydrogen (secondary N) is 1. The highest BCUT2D eigenvalue weighted by atomic mass is 35.6. The Labute approximate surface area is 145 Å². The van der Waals surface area contributed by atoms with Gasteiger partial charge in [0.05, 0.1) is 12.8 Å². The fourth-order valence-corrected chi connectivity index (χ4v) is 1.92. The highest BCUT2D eigenvalue weighted by Crippen LogP contribution is 2.32. The van der Waals surface area contributed by atoms with E-state index in [1.54, 1.807) is 12.3 Å². The Bertz CT molecular complexity index is 539. The summed E-state index contributed by atoms with van der Waals surface area (Å²) in [5.41, 5.74) is 3.72. The molecule has 0 spiro atoms. The molecule has 1 heterocycles. The van der Waals surface area contributed by atoms with Crippen molar-refractivity contribution in [2.75, 3.05) is 6.61 Å². The summed E-state index contributed by atoms with van der Waals surface area (Å²) >= 11 is 17.1. The van der Waals surface area contributed by atoms with E-state index in [0.29, 0.717) is 5.76 Å². The lowest BCUT2D eigenvalue weighted by Gasteiger charge is -2.22. The number of hydrogen-bond donors (Lipinski definition) is 1. The zero-order chi connectivity index (χ0) is 16.0. The Morgan fingerprint density at radius 3 is 2.55 bits per heavy atom. The second-order valence-electron chi connectivity index (χ2n) is 4.63. The molecule has 0 bridgehead atoms. The van der Waals surface area contributed by atoms with Gasteiger partial charge >= 0.3 is 0 Å². The lowest BCUT2D eigenvalue weighted by atomic mass is 10.2. The van der Waals surface area contributed by atoms with Gasteiger partial charge in [-0.3, -0.25) is 5.43 Å². The first-order chi connectivity index (χ1) is 10.5. The zero-order valence-electron chi connectivity index (χ0n) is 12.1. The van der Waals surface area contributed by atoms with E-state index in [-0.39, 0.29) is 0 Å². The maximum absolute atomic E-state index is 5.69. The molecule has 7 heteroatoms. The van der Waals surface area contributed by atoms with Crippen LogP contribution in [0.5, 0.6) is 5.75 Å². The van der Waals surface area contributed by atoms with E-state index in [1.807, 2.05) is 30.3 Å². The van der Waals surface area contributed by atoms with Gasteiger partial charge in [0, 0.05) is 0 Å². The van der Waals surface area contributed by atoms with Gasteiger partial charge in [0.2, 0.25) is 0 Å². The van der Waals surface area contributed by atoms with Crippen molar-refractivity contribution in [1.82, 2.24) is 10.6 Å². The highest BCUT2D eigenvalue weighted by molar-refractivity contribution is 6.67. The van der Waals surface area contributed by atoms with Crippen LogP contribution in [0.25, 0.3) is 6.08 Å². The molecule has 0 unspecified atom stereocenters. The minimum atomic E-state index is -1.68. The lowest BCUT2D eigenvalue weighted by molar-refractivity contribution is -0.127. The number of unbranched alkanes of at least 4 members (excludes halogenated alkanes) is 1. The summed E-state index contributed by atoms with van der Waals surface area (Å²) in [7, 11) is 0. The number of alkyl halides is 3. The molecule has 1 aliphatic heterocycles. The standard InChI is InChI=1S/C15H17Cl3N2O2/c1-2-3-10-21-13-7-4-12(5-8-13)6-9-14-11-19-20(22-14)15(16,17)18/h4-9,11,19H,2-3,10H2,1H3. The van der Waals surface area contributed by atoms with Gasteiger partial charge in [-0.15, -0.1) is 0 Å². The second-order valence-corrected chi connectivity index (χ2v) is 6.86. The smallest absolute Gasteiger partial charge is 0.299 e. The SMILES string of the molecule is CCCCOc1ccc(C=CC2=CNN(C(Cl)(Cl)Cl)O2)cc1. The molecule has 0 amide bonds. The number of nitrogens with zero attached hydrogens (tertiary/aromatic N) is 1. The first-order valence-electron chi connectivity index (χ1n) is 6.91. The summed E-state index contributed by atoms with van der Waals surface area (Å²) in [5, 5.41) is 1.03. The van der Waals surface area contributed by atoms with Gasteiger partial charge in [0.15, 0.2) is 5.76 Å². The Kier molecular flexibility index (Phi) is 6.26. The van der Waals surface area contributed by atoms with Gasteiger partial charge < -0.3 is 9.57 Å². The van der Waals surface area contributed by atoms with Gasteiger partial charge in [-0.25, -0.2) is 0 Å². The molecule has 1 aromatic rings. The van der Waals surface area contributed by atoms with Crippen molar-refractivity contribution in [3.05, 3.63) is 47.9 Å². The van der Waals surface area contributed by atoms with Crippen molar-refractivity contribution in [2.24, 2.45) is 0 Å². The molecule has 0 saturated carbocycles. The first-order valence-corrected chi connectivity index (χ1v) is 8.04. The number of rotatable bonds is 6. The molecule has 2 rings (SSSR count). The number of hydroxylamine groups is 1. The van der Waals surface area contributed by atoms with Crippen LogP contribution in [0.4, 0.5) is 0 Å². The fourth-order valence-electron chi connectivity index (χ4n) is 1.67. The van der Waals surface area contributed by atoms with Crippen molar-refractivity contribution in [2.45, 2.75) is 23.7 Å². The highest BCUT2D eigenvalue weighted by Gasteiger charge is 2.34. The Morgan fingerprint density at radius 2 is 1.95 bits per heavy atom. The minimum absolute atomic E-state index is 0.537. The lowest BCUT2D eigenvalue weighted by Crippen LogP contribution is -2.39. The van der Waals surface area contributed by atoms with E-state index < -0.39 is 3.92 Å². The van der Waals surface area contributed by atoms with Crippen molar-refractivity contribution in [3.63, 3.8) is 0 Å². The van der Waals surface area contributed by atoms with Gasteiger partial charge in [0.25, 0.3) is 3.92 Å². The van der Waals surface area contributed by atoms with Crippen molar-refractivity contribution < 1.29 is 9.57 Å². The van der Waals surface area contributed by atoms with Gasteiger partial charge in [-0.1, -0.05) is 66.4 Å². The van der Waals surface area contributed by atoms with Gasteiger partial charge in [-0.05, 0) is 35.4 Å². The summed E-state index contributed by atoms with van der Waals surface area (Å²) in [6.07, 6.45) is 7.44. The maximum Gasteiger partial charge on any atom is 0.299 e. The molecule has 0 aromatic heterocycles. The molecule has 0 atom stereocenters. The molecule has 120 valence electrons. The van der Waals surface area contributed by atoms with E-state index in [1.165, 1.54) is 0 Å². The third-order valence-corrected chi connectivity index (χ3v) is 3.30. The predicted octanol–water partition coefficient (Wildman–Crippen LogP) is 4.80. The summed E-state index contributed by atoms with van der Waals surface area (Å²) in [6, 6.07) is 7.80. The van der Waals surface area contributed by atoms with Crippen LogP contribution in [0.2, 0.25) is 0 Å². The molecule has 1 N–H and O–H groups in total. The molecule has 0 radical (unpaired) electrons. The zero-order valence-corrected chi connectivity index (χ0v) is 14.3. The first kappa shape index (κ1) is 17.3. The van der Waals surface area contributed by atoms with E-state index in [0.717, 1.165) is 35.9 Å². The third kappa shape index (κ3) is 5.29. The third-order valence-electron chi connectivity index (χ3n) is 2.84. The Hall–Kier alpha value is -1.07. The van der Waals surface area contributed by atoms with E-state index in [9.17, 15) is 0 Å². The molecule has 0 aliphatic carbocycles. The molecule has 22 heavy (non-hydrogen) atoms. The molecule has 1 aliphatic rings. The van der Waals surface area contributed by atoms with Crippen molar-refractivity contribution >= 4 is 40.9 Å². The molecule has 4 nitrogen and oxygen atoms in total. The normalized spacial score (nSPS) is 15.5. The van der Waals surface area contributed by atoms with E-state index in [2.05, 4.69) is 12.3 Å². The number of ether oxygens (including phenoxy) is 1. The number of hydrogen-bond acceptors (Lipinski definition) is 4. The van der Waals surface area contributed by atoms with E-state index >= 15 is 0 Å². The summed E-state index contributed by atoms with van der Waals surface area (Å²) in [6.45, 7) is 2.88. The summed E-state index contributed by atoms with van der Waals surface area (Å²) < 4.78 is 3.93. The number of benzene rings is 1. The van der Waals surface area contributed by atoms with Crippen LogP contribution < -0.4 is 10.2 Å². The van der Waals surface area contributed by atoms with E-state index in [4.69, 9.17) is 44.4 Å². The van der Waals surface area contributed by atoms with Crippen LogP contribution in [-0.4, -0.2) is 15.7 Å². The Morgan fingerprint density at radius 1 is 1.23 bits per heavy atom. The van der Waals surface area contributed by atoms with Gasteiger partial charge in [0.1, 0.15) is 5.75 Å². The van der Waals surface area contributed by atoms with Gasteiger partial charge in [-0.2, -0.15) is 0 Å². The van der Waals surface area contributed by atoms with Crippen molar-refractivity contribution in [3.8, 4) is 5.75 Å². The molecule has 0 saturated heterocycles. The molecular formula is C15H17Cl3N2O2. The monoisotopic (exact) mass is 362 g/mol. The number of halogens is 3. The van der Waals surface area contributed by atoms with Crippen molar-refractivity contribution in [1.29, 1.82) is 0 Å². The maximum atomic E-state index is 5.69. The quantitative estimate of drug-likeness (QED) is 0.447. The fraction of sp³-hybridized carbons (Fsp3) is 0.333. The average Bonchev–Trinajstić information content (AvgIpc) is 2.96. The predicted molar refractivity (Wildman–Crippen MR) is 90.3 cm³/mol. The minimum Gasteiger partial charge on any atom is -0.494 e. The summed E-state index contributed by atoms with van der Waals surface area (Å²) in [5.74, 6) is 1.40. The average molecular weight is 364 g/mol.